The minimum absolute atomic E-state index is 0.210. The molecule has 1 rings (SSSR count). The Balaban J connectivity index is 2.47. The van der Waals surface area contributed by atoms with E-state index in [1.165, 1.54) is 0 Å². The second kappa shape index (κ2) is 10.2. The highest BCUT2D eigenvalue weighted by Crippen LogP contribution is 2.20. The summed E-state index contributed by atoms with van der Waals surface area (Å²) in [5.74, 6) is 0.494. The Hall–Kier alpha value is -1.59. The van der Waals surface area contributed by atoms with E-state index >= 15 is 0 Å². The van der Waals surface area contributed by atoms with E-state index < -0.39 is 6.10 Å². The van der Waals surface area contributed by atoms with Gasteiger partial charge in [0.1, 0.15) is 18.5 Å². The standard InChI is InChI=1S/C17H27NO4/c1-4-21-17(20)10-9-14-7-5-6-8-16(14)22-12-15(19)11-18-13(2)3/h5-8,13,15,18-19H,4,9-12H2,1-3H3. The first-order valence-electron chi connectivity index (χ1n) is 7.80. The molecule has 5 nitrogen and oxygen atoms in total. The van der Waals surface area contributed by atoms with Crippen LogP contribution in [0.2, 0.25) is 0 Å². The maximum absolute atomic E-state index is 11.4. The maximum atomic E-state index is 11.4. The van der Waals surface area contributed by atoms with Crippen molar-refractivity contribution in [3.05, 3.63) is 29.8 Å². The summed E-state index contributed by atoms with van der Waals surface area (Å²) >= 11 is 0. The number of benzene rings is 1. The van der Waals surface area contributed by atoms with Crippen LogP contribution in [-0.2, 0) is 16.0 Å². The van der Waals surface area contributed by atoms with Gasteiger partial charge in [-0.1, -0.05) is 32.0 Å². The molecule has 0 heterocycles. The molecule has 0 saturated heterocycles. The topological polar surface area (TPSA) is 67.8 Å². The fraction of sp³-hybridized carbons (Fsp3) is 0.588. The van der Waals surface area contributed by atoms with Crippen LogP contribution in [0, 0.1) is 0 Å². The van der Waals surface area contributed by atoms with E-state index in [4.69, 9.17) is 9.47 Å². The van der Waals surface area contributed by atoms with Crippen molar-refractivity contribution in [2.45, 2.75) is 45.8 Å². The van der Waals surface area contributed by atoms with Crippen molar-refractivity contribution in [2.75, 3.05) is 19.8 Å². The van der Waals surface area contributed by atoms with Crippen LogP contribution in [0.3, 0.4) is 0 Å². The minimum Gasteiger partial charge on any atom is -0.491 e. The summed E-state index contributed by atoms with van der Waals surface area (Å²) in [6.07, 6.45) is 0.321. The van der Waals surface area contributed by atoms with Gasteiger partial charge in [-0.2, -0.15) is 0 Å². The molecule has 22 heavy (non-hydrogen) atoms. The van der Waals surface area contributed by atoms with Gasteiger partial charge in [0.15, 0.2) is 0 Å². The Kier molecular flexibility index (Phi) is 8.55. The number of ether oxygens (including phenoxy) is 2. The summed E-state index contributed by atoms with van der Waals surface area (Å²) in [5.41, 5.74) is 0.944. The molecule has 5 heteroatoms. The summed E-state index contributed by atoms with van der Waals surface area (Å²) in [6, 6.07) is 7.88. The van der Waals surface area contributed by atoms with Crippen LogP contribution >= 0.6 is 0 Å². The average Bonchev–Trinajstić information content (AvgIpc) is 2.50. The molecule has 0 aromatic heterocycles. The van der Waals surface area contributed by atoms with Gasteiger partial charge in [-0.3, -0.25) is 4.79 Å². The van der Waals surface area contributed by atoms with Crippen molar-refractivity contribution in [3.8, 4) is 5.75 Å². The normalized spacial score (nSPS) is 12.2. The average molecular weight is 309 g/mol. The number of hydrogen-bond acceptors (Lipinski definition) is 5. The van der Waals surface area contributed by atoms with Gasteiger partial charge in [0, 0.05) is 19.0 Å². The SMILES string of the molecule is CCOC(=O)CCc1ccccc1OCC(O)CNC(C)C. The maximum Gasteiger partial charge on any atom is 0.306 e. The van der Waals surface area contributed by atoms with Gasteiger partial charge in [0.25, 0.3) is 0 Å². The summed E-state index contributed by atoms with van der Waals surface area (Å²) < 4.78 is 10.6. The lowest BCUT2D eigenvalue weighted by Crippen LogP contribution is -2.35. The molecule has 0 spiro atoms. The molecule has 124 valence electrons. The van der Waals surface area contributed by atoms with Gasteiger partial charge in [-0.05, 0) is 25.0 Å². The van der Waals surface area contributed by atoms with Crippen LogP contribution in [0.15, 0.2) is 24.3 Å². The lowest BCUT2D eigenvalue weighted by Gasteiger charge is -2.16. The van der Waals surface area contributed by atoms with Crippen LogP contribution < -0.4 is 10.1 Å². The van der Waals surface area contributed by atoms with Crippen LogP contribution in [0.5, 0.6) is 5.75 Å². The third kappa shape index (κ3) is 7.43. The molecule has 0 aliphatic carbocycles. The van der Waals surface area contributed by atoms with E-state index in [0.717, 1.165) is 5.56 Å². The summed E-state index contributed by atoms with van der Waals surface area (Å²) in [5, 5.41) is 13.0. The number of nitrogens with one attached hydrogen (secondary N) is 1. The van der Waals surface area contributed by atoms with Crippen molar-refractivity contribution < 1.29 is 19.4 Å². The second-order valence-corrected chi connectivity index (χ2v) is 5.44. The number of aliphatic hydroxyl groups excluding tert-OH is 1. The highest BCUT2D eigenvalue weighted by molar-refractivity contribution is 5.69. The molecule has 0 saturated carbocycles. The Morgan fingerprint density at radius 3 is 2.73 bits per heavy atom. The second-order valence-electron chi connectivity index (χ2n) is 5.44. The molecule has 0 bridgehead atoms. The first kappa shape index (κ1) is 18.5. The molecule has 0 radical (unpaired) electrons. The highest BCUT2D eigenvalue weighted by Gasteiger charge is 2.10. The van der Waals surface area contributed by atoms with Gasteiger partial charge in [-0.15, -0.1) is 0 Å². The molecule has 2 N–H and O–H groups in total. The molecule has 0 amide bonds. The third-order valence-corrected chi connectivity index (χ3v) is 3.07. The van der Waals surface area contributed by atoms with E-state index in [1.807, 2.05) is 38.1 Å². The van der Waals surface area contributed by atoms with E-state index in [2.05, 4.69) is 5.32 Å². The molecule has 0 aliphatic heterocycles. The number of esters is 1. The zero-order chi connectivity index (χ0) is 16.4. The number of hydrogen-bond donors (Lipinski definition) is 2. The van der Waals surface area contributed by atoms with Crippen molar-refractivity contribution >= 4 is 5.97 Å². The van der Waals surface area contributed by atoms with E-state index in [0.29, 0.717) is 37.8 Å². The molecule has 1 aromatic rings. The van der Waals surface area contributed by atoms with E-state index in [1.54, 1.807) is 6.92 Å². The van der Waals surface area contributed by atoms with Crippen LogP contribution in [-0.4, -0.2) is 43.0 Å². The molecular weight excluding hydrogens is 282 g/mol. The van der Waals surface area contributed by atoms with Crippen LogP contribution in [0.25, 0.3) is 0 Å². The smallest absolute Gasteiger partial charge is 0.306 e. The minimum atomic E-state index is -0.569. The molecule has 0 fully saturated rings. The summed E-state index contributed by atoms with van der Waals surface area (Å²) in [6.45, 7) is 6.95. The van der Waals surface area contributed by atoms with Crippen LogP contribution in [0.4, 0.5) is 0 Å². The first-order valence-corrected chi connectivity index (χ1v) is 7.80. The number of rotatable bonds is 10. The molecule has 1 aromatic carbocycles. The highest BCUT2D eigenvalue weighted by atomic mass is 16.5. The Labute approximate surface area is 132 Å². The molecule has 0 aliphatic rings. The fourth-order valence-corrected chi connectivity index (χ4v) is 1.94. The predicted molar refractivity (Wildman–Crippen MR) is 86.0 cm³/mol. The summed E-state index contributed by atoms with van der Waals surface area (Å²) in [4.78, 5) is 11.4. The van der Waals surface area contributed by atoms with Crippen molar-refractivity contribution in [1.29, 1.82) is 0 Å². The van der Waals surface area contributed by atoms with Crippen LogP contribution in [0.1, 0.15) is 32.8 Å². The van der Waals surface area contributed by atoms with Crippen molar-refractivity contribution in [3.63, 3.8) is 0 Å². The zero-order valence-electron chi connectivity index (χ0n) is 13.7. The lowest BCUT2D eigenvalue weighted by atomic mass is 10.1. The number of aliphatic hydroxyl groups is 1. The molecule has 1 unspecified atom stereocenters. The summed E-state index contributed by atoms with van der Waals surface area (Å²) in [7, 11) is 0. The quantitative estimate of drug-likeness (QED) is 0.646. The Morgan fingerprint density at radius 1 is 1.32 bits per heavy atom. The fourth-order valence-electron chi connectivity index (χ4n) is 1.94. The first-order chi connectivity index (χ1) is 10.5. The predicted octanol–water partition coefficient (Wildman–Crippen LogP) is 1.92. The molecular formula is C17H27NO4. The number of aryl methyl sites for hydroxylation is 1. The largest absolute Gasteiger partial charge is 0.491 e. The molecule has 1 atom stereocenters. The van der Waals surface area contributed by atoms with Gasteiger partial charge in [0.05, 0.1) is 6.61 Å². The van der Waals surface area contributed by atoms with E-state index in [9.17, 15) is 9.90 Å². The Bertz CT molecular complexity index is 448. The van der Waals surface area contributed by atoms with E-state index in [-0.39, 0.29) is 12.6 Å². The van der Waals surface area contributed by atoms with Gasteiger partial charge in [0.2, 0.25) is 0 Å². The van der Waals surface area contributed by atoms with Gasteiger partial charge in [-0.25, -0.2) is 0 Å². The Morgan fingerprint density at radius 2 is 2.05 bits per heavy atom. The van der Waals surface area contributed by atoms with Crippen molar-refractivity contribution in [2.24, 2.45) is 0 Å². The zero-order valence-corrected chi connectivity index (χ0v) is 13.7. The number of carbonyl (C=O) groups is 1. The van der Waals surface area contributed by atoms with Crippen molar-refractivity contribution in [1.82, 2.24) is 5.32 Å². The number of carbonyl (C=O) groups excluding carboxylic acids is 1. The third-order valence-electron chi connectivity index (χ3n) is 3.07. The number of para-hydroxylation sites is 1. The monoisotopic (exact) mass is 309 g/mol. The van der Waals surface area contributed by atoms with Gasteiger partial charge >= 0.3 is 5.97 Å². The lowest BCUT2D eigenvalue weighted by molar-refractivity contribution is -0.143. The van der Waals surface area contributed by atoms with Gasteiger partial charge < -0.3 is 19.9 Å².